The van der Waals surface area contributed by atoms with Crippen LogP contribution in [0.25, 0.3) is 33.2 Å². The number of aromatic nitrogens is 1. The Morgan fingerprint density at radius 2 is 1.46 bits per heavy atom. The van der Waals surface area contributed by atoms with Crippen molar-refractivity contribution < 1.29 is 6.85 Å². The lowest BCUT2D eigenvalue weighted by molar-refractivity contribution is 1.31. The smallest absolute Gasteiger partial charge is 0.0780 e. The Labute approximate surface area is 162 Å². The van der Waals surface area contributed by atoms with Gasteiger partial charge in [-0.25, -0.2) is 0 Å². The Kier molecular flexibility index (Phi) is 2.87. The van der Waals surface area contributed by atoms with Crippen LogP contribution < -0.4 is 0 Å². The number of fused-ring (bicyclic) bond motifs is 1. The molecule has 1 aromatic heterocycles. The molecule has 0 aliphatic carbocycles. The Morgan fingerprint density at radius 3 is 2.15 bits per heavy atom. The maximum Gasteiger partial charge on any atom is 0.0780 e. The van der Waals surface area contributed by atoms with Gasteiger partial charge in [-0.05, 0) is 79.6 Å². The molecule has 1 nitrogen and oxygen atoms in total. The molecule has 0 aliphatic rings. The first-order chi connectivity index (χ1) is 14.6. The van der Waals surface area contributed by atoms with E-state index in [4.69, 9.17) is 6.85 Å². The molecule has 128 valence electrons. The average Bonchev–Trinajstić information content (AvgIpc) is 2.72. The second-order valence-corrected chi connectivity index (χ2v) is 6.82. The molecule has 0 spiro atoms. The fourth-order valence-corrected chi connectivity index (χ4v) is 3.77. The lowest BCUT2D eigenvalue weighted by atomic mass is 9.89. The largest absolute Gasteiger partial charge is 0.256 e. The number of hydrogen-bond donors (Lipinski definition) is 0. The molecule has 0 N–H and O–H groups in total. The fourth-order valence-electron chi connectivity index (χ4n) is 3.77. The fraction of sp³-hybridized carbons (Fsp3) is 0.160. The van der Waals surface area contributed by atoms with Gasteiger partial charge in [0, 0.05) is 17.1 Å². The molecule has 0 unspecified atom stereocenters. The van der Waals surface area contributed by atoms with E-state index in [1.54, 1.807) is 6.20 Å². The summed E-state index contributed by atoms with van der Waals surface area (Å²) in [6.45, 7) is 7.99. The van der Waals surface area contributed by atoms with E-state index in [9.17, 15) is 0 Å². The summed E-state index contributed by atoms with van der Waals surface area (Å²) in [5.41, 5.74) is 6.90. The Bertz CT molecular complexity index is 1330. The highest BCUT2D eigenvalue weighted by Crippen LogP contribution is 2.36. The first-order valence-corrected chi connectivity index (χ1v) is 8.66. The van der Waals surface area contributed by atoms with Crippen LogP contribution in [0, 0.1) is 27.7 Å². The molecule has 0 aliphatic heterocycles. The number of nitrogens with zero attached hydrogens (tertiary/aromatic N) is 1. The second kappa shape index (κ2) is 6.42. The topological polar surface area (TPSA) is 12.9 Å². The molecule has 0 saturated carbocycles. The lowest BCUT2D eigenvalue weighted by Gasteiger charge is -2.16. The third kappa shape index (κ3) is 2.80. The van der Waals surface area contributed by atoms with Crippen molar-refractivity contribution in [3.63, 3.8) is 0 Å². The van der Waals surface area contributed by atoms with E-state index >= 15 is 0 Å². The standard InChI is InChI=1S/C25H23N/c1-16-12-17(2)14-21(13-16)25-23-15-18(3)24(20-8-6-5-7-9-20)19(4)22(23)10-11-26-25/h5-15H,1-4H3/i5D,6D,7D,8D,9D. The first-order valence-electron chi connectivity index (χ1n) is 11.2. The molecular weight excluding hydrogens is 314 g/mol. The molecule has 4 aromatic rings. The summed E-state index contributed by atoms with van der Waals surface area (Å²) in [4.78, 5) is 4.66. The molecule has 0 saturated heterocycles. The zero-order chi connectivity index (χ0) is 22.6. The van der Waals surface area contributed by atoms with E-state index in [1.165, 1.54) is 0 Å². The number of pyridine rings is 1. The minimum atomic E-state index is -0.379. The number of rotatable bonds is 2. The van der Waals surface area contributed by atoms with Gasteiger partial charge in [-0.3, -0.25) is 4.98 Å². The van der Waals surface area contributed by atoms with Gasteiger partial charge in [0.25, 0.3) is 0 Å². The molecule has 0 atom stereocenters. The SMILES string of the molecule is [2H]c1c([2H])c([2H])c(-c2c(C)cc3c(-c4cc(C)cc(C)c4)nccc3c2C)c([2H])c1[2H]. The van der Waals surface area contributed by atoms with Crippen molar-refractivity contribution in [3.05, 3.63) is 89.0 Å². The summed E-state index contributed by atoms with van der Waals surface area (Å²) in [6, 6.07) is 8.92. The highest BCUT2D eigenvalue weighted by atomic mass is 14.7. The van der Waals surface area contributed by atoms with Crippen LogP contribution in [0.3, 0.4) is 0 Å². The van der Waals surface area contributed by atoms with E-state index in [2.05, 4.69) is 37.0 Å². The monoisotopic (exact) mass is 342 g/mol. The van der Waals surface area contributed by atoms with Gasteiger partial charge < -0.3 is 0 Å². The van der Waals surface area contributed by atoms with Crippen molar-refractivity contribution in [2.24, 2.45) is 0 Å². The molecule has 4 rings (SSSR count). The molecule has 26 heavy (non-hydrogen) atoms. The quantitative estimate of drug-likeness (QED) is 0.390. The van der Waals surface area contributed by atoms with Crippen molar-refractivity contribution in [2.45, 2.75) is 27.7 Å². The highest BCUT2D eigenvalue weighted by Gasteiger charge is 2.13. The minimum absolute atomic E-state index is 0.180. The van der Waals surface area contributed by atoms with Gasteiger partial charge in [0.1, 0.15) is 0 Å². The Balaban J connectivity index is 2.07. The van der Waals surface area contributed by atoms with Crippen LogP contribution in [0.1, 0.15) is 29.1 Å². The predicted molar refractivity (Wildman–Crippen MR) is 112 cm³/mol. The molecule has 3 aromatic carbocycles. The summed E-state index contributed by atoms with van der Waals surface area (Å²) >= 11 is 0. The van der Waals surface area contributed by atoms with Crippen LogP contribution in [0.4, 0.5) is 0 Å². The third-order valence-electron chi connectivity index (χ3n) is 4.77. The van der Waals surface area contributed by atoms with Gasteiger partial charge in [-0.15, -0.1) is 0 Å². The predicted octanol–water partition coefficient (Wildman–Crippen LogP) is 6.80. The average molecular weight is 342 g/mol. The maximum absolute atomic E-state index is 8.41. The van der Waals surface area contributed by atoms with Gasteiger partial charge in [-0.2, -0.15) is 0 Å². The van der Waals surface area contributed by atoms with Gasteiger partial charge in [0.05, 0.1) is 12.5 Å². The van der Waals surface area contributed by atoms with E-state index in [0.717, 1.165) is 44.3 Å². The molecular formula is C25H23N. The molecule has 1 heterocycles. The van der Waals surface area contributed by atoms with Gasteiger partial charge in [-0.1, -0.05) is 47.4 Å². The Hall–Kier alpha value is -2.93. The van der Waals surface area contributed by atoms with E-state index in [1.807, 2.05) is 26.0 Å². The molecule has 0 radical (unpaired) electrons. The van der Waals surface area contributed by atoms with E-state index < -0.39 is 0 Å². The molecule has 1 heteroatoms. The van der Waals surface area contributed by atoms with Crippen molar-refractivity contribution in [2.75, 3.05) is 0 Å². The maximum atomic E-state index is 8.41. The van der Waals surface area contributed by atoms with Crippen LogP contribution in [0.2, 0.25) is 0 Å². The second-order valence-electron chi connectivity index (χ2n) is 6.82. The van der Waals surface area contributed by atoms with Crippen LogP contribution in [0.5, 0.6) is 0 Å². The summed E-state index contributed by atoms with van der Waals surface area (Å²) in [5.74, 6) is 0. The summed E-state index contributed by atoms with van der Waals surface area (Å²) in [7, 11) is 0. The van der Waals surface area contributed by atoms with Crippen LogP contribution >= 0.6 is 0 Å². The van der Waals surface area contributed by atoms with E-state index in [0.29, 0.717) is 5.56 Å². The number of aryl methyl sites for hydroxylation is 4. The zero-order valence-electron chi connectivity index (χ0n) is 20.4. The highest BCUT2D eigenvalue weighted by molar-refractivity contribution is 6.00. The van der Waals surface area contributed by atoms with Crippen LogP contribution in [0.15, 0.2) is 66.7 Å². The van der Waals surface area contributed by atoms with Crippen molar-refractivity contribution in [3.8, 4) is 22.4 Å². The number of hydrogen-bond acceptors (Lipinski definition) is 1. The molecule has 0 amide bonds. The molecule has 0 bridgehead atoms. The summed E-state index contributed by atoms with van der Waals surface area (Å²) in [6.07, 6.45) is 1.77. The van der Waals surface area contributed by atoms with E-state index in [-0.39, 0.29) is 35.8 Å². The van der Waals surface area contributed by atoms with Crippen LogP contribution in [-0.2, 0) is 0 Å². The first kappa shape index (κ1) is 11.6. The van der Waals surface area contributed by atoms with Crippen LogP contribution in [-0.4, -0.2) is 4.98 Å². The molecule has 0 fully saturated rings. The Morgan fingerprint density at radius 1 is 0.769 bits per heavy atom. The van der Waals surface area contributed by atoms with Gasteiger partial charge in [0.15, 0.2) is 0 Å². The van der Waals surface area contributed by atoms with Gasteiger partial charge >= 0.3 is 0 Å². The third-order valence-corrected chi connectivity index (χ3v) is 4.77. The summed E-state index contributed by atoms with van der Waals surface area (Å²) in [5, 5.41) is 1.94. The normalized spacial score (nSPS) is 13.8. The van der Waals surface area contributed by atoms with Crippen molar-refractivity contribution in [1.29, 1.82) is 0 Å². The summed E-state index contributed by atoms with van der Waals surface area (Å²) < 4.78 is 40.8. The minimum Gasteiger partial charge on any atom is -0.256 e. The number of benzene rings is 3. The van der Waals surface area contributed by atoms with Crippen molar-refractivity contribution >= 4 is 10.8 Å². The lowest BCUT2D eigenvalue weighted by Crippen LogP contribution is -1.94. The zero-order valence-corrected chi connectivity index (χ0v) is 15.4. The van der Waals surface area contributed by atoms with Crippen molar-refractivity contribution in [1.82, 2.24) is 4.98 Å². The van der Waals surface area contributed by atoms with Gasteiger partial charge in [0.2, 0.25) is 0 Å².